The molecule has 0 spiro atoms. The molecule has 1 aromatic carbocycles. The lowest BCUT2D eigenvalue weighted by atomic mass is 9.90. The van der Waals surface area contributed by atoms with E-state index in [1.807, 2.05) is 12.1 Å². The fraction of sp³-hybridized carbons (Fsp3) is 0.500. The SMILES string of the molecule is O=C(O)[C@H]1NCC[C@H]1c1ccc(C2CC2)c(O)c1. The molecular weight excluding hydrogens is 230 g/mol. The van der Waals surface area contributed by atoms with Gasteiger partial charge in [0.1, 0.15) is 11.8 Å². The number of aromatic hydroxyl groups is 1. The molecule has 4 heteroatoms. The van der Waals surface area contributed by atoms with Gasteiger partial charge in [0, 0.05) is 5.92 Å². The molecule has 0 unspecified atom stereocenters. The molecule has 1 saturated carbocycles. The largest absolute Gasteiger partial charge is 0.508 e. The van der Waals surface area contributed by atoms with Crippen LogP contribution in [0.2, 0.25) is 0 Å². The van der Waals surface area contributed by atoms with Gasteiger partial charge in [-0.25, -0.2) is 0 Å². The smallest absolute Gasteiger partial charge is 0.321 e. The molecule has 3 rings (SSSR count). The van der Waals surface area contributed by atoms with Crippen molar-refractivity contribution >= 4 is 5.97 Å². The average Bonchev–Trinajstić information content (AvgIpc) is 3.05. The maximum Gasteiger partial charge on any atom is 0.321 e. The van der Waals surface area contributed by atoms with E-state index in [9.17, 15) is 9.90 Å². The van der Waals surface area contributed by atoms with Gasteiger partial charge in [0.15, 0.2) is 0 Å². The van der Waals surface area contributed by atoms with E-state index in [2.05, 4.69) is 5.32 Å². The normalized spacial score (nSPS) is 27.3. The lowest BCUT2D eigenvalue weighted by Crippen LogP contribution is -2.34. The predicted molar refractivity (Wildman–Crippen MR) is 66.9 cm³/mol. The number of carboxylic acid groups (broad SMARTS) is 1. The minimum absolute atomic E-state index is 0.0401. The molecule has 1 saturated heterocycles. The highest BCUT2D eigenvalue weighted by molar-refractivity contribution is 5.75. The van der Waals surface area contributed by atoms with Crippen LogP contribution in [-0.4, -0.2) is 28.8 Å². The van der Waals surface area contributed by atoms with Gasteiger partial charge in [0.05, 0.1) is 0 Å². The van der Waals surface area contributed by atoms with Crippen LogP contribution in [0.15, 0.2) is 18.2 Å². The van der Waals surface area contributed by atoms with Crippen molar-refractivity contribution in [3.05, 3.63) is 29.3 Å². The van der Waals surface area contributed by atoms with Crippen LogP contribution in [0.4, 0.5) is 0 Å². The molecule has 2 fully saturated rings. The number of hydrogen-bond donors (Lipinski definition) is 3. The molecular formula is C14H17NO3. The van der Waals surface area contributed by atoms with Crippen molar-refractivity contribution in [2.24, 2.45) is 0 Å². The Labute approximate surface area is 106 Å². The summed E-state index contributed by atoms with van der Waals surface area (Å²) in [6, 6.07) is 5.15. The maximum absolute atomic E-state index is 11.1. The number of carbonyl (C=O) groups is 1. The second-order valence-corrected chi connectivity index (χ2v) is 5.26. The third kappa shape index (κ3) is 1.97. The molecule has 96 valence electrons. The zero-order valence-corrected chi connectivity index (χ0v) is 10.1. The summed E-state index contributed by atoms with van der Waals surface area (Å²) in [5.74, 6) is -0.0213. The van der Waals surface area contributed by atoms with Gasteiger partial charge in [0.2, 0.25) is 0 Å². The van der Waals surface area contributed by atoms with Crippen molar-refractivity contribution in [2.45, 2.75) is 37.1 Å². The number of aliphatic carboxylic acids is 1. The molecule has 0 radical (unpaired) electrons. The van der Waals surface area contributed by atoms with Crippen molar-refractivity contribution in [3.63, 3.8) is 0 Å². The first-order chi connectivity index (χ1) is 8.66. The summed E-state index contributed by atoms with van der Waals surface area (Å²) < 4.78 is 0. The molecule has 2 aliphatic rings. The molecule has 2 atom stereocenters. The van der Waals surface area contributed by atoms with Crippen molar-refractivity contribution in [2.75, 3.05) is 6.54 Å². The Kier molecular flexibility index (Phi) is 2.74. The standard InChI is InChI=1S/C14H17NO3/c16-12-7-9(3-4-10(12)8-1-2-8)11-5-6-15-13(11)14(17)18/h3-4,7-8,11,13,15-16H,1-2,5-6H2,(H,17,18)/t11-,13-/m0/s1. The first-order valence-corrected chi connectivity index (χ1v) is 6.46. The quantitative estimate of drug-likeness (QED) is 0.761. The Morgan fingerprint density at radius 1 is 1.28 bits per heavy atom. The highest BCUT2D eigenvalue weighted by Crippen LogP contribution is 2.45. The first kappa shape index (κ1) is 11.5. The highest BCUT2D eigenvalue weighted by atomic mass is 16.4. The summed E-state index contributed by atoms with van der Waals surface area (Å²) in [6.07, 6.45) is 3.10. The van der Waals surface area contributed by atoms with E-state index in [1.54, 1.807) is 6.07 Å². The number of benzene rings is 1. The van der Waals surface area contributed by atoms with Crippen LogP contribution in [0.5, 0.6) is 5.75 Å². The minimum atomic E-state index is -0.816. The molecule has 18 heavy (non-hydrogen) atoms. The zero-order chi connectivity index (χ0) is 12.7. The van der Waals surface area contributed by atoms with Crippen LogP contribution < -0.4 is 5.32 Å². The van der Waals surface area contributed by atoms with Gasteiger partial charge in [-0.05, 0) is 48.9 Å². The van der Waals surface area contributed by atoms with Gasteiger partial charge >= 0.3 is 5.97 Å². The lowest BCUT2D eigenvalue weighted by Gasteiger charge is -2.17. The van der Waals surface area contributed by atoms with E-state index in [4.69, 9.17) is 5.11 Å². The van der Waals surface area contributed by atoms with E-state index in [0.717, 1.165) is 30.4 Å². The van der Waals surface area contributed by atoms with E-state index in [0.29, 0.717) is 18.2 Å². The van der Waals surface area contributed by atoms with Crippen LogP contribution in [0.1, 0.15) is 42.2 Å². The third-order valence-electron chi connectivity index (χ3n) is 3.99. The maximum atomic E-state index is 11.1. The molecule has 4 nitrogen and oxygen atoms in total. The molecule has 1 aliphatic carbocycles. The summed E-state index contributed by atoms with van der Waals surface area (Å²) in [7, 11) is 0. The summed E-state index contributed by atoms with van der Waals surface area (Å²) in [6.45, 7) is 0.715. The number of carboxylic acids is 1. The van der Waals surface area contributed by atoms with E-state index in [1.165, 1.54) is 0 Å². The predicted octanol–water partition coefficient (Wildman–Crippen LogP) is 1.80. The third-order valence-corrected chi connectivity index (χ3v) is 3.99. The van der Waals surface area contributed by atoms with Gasteiger partial charge in [-0.3, -0.25) is 4.79 Å². The van der Waals surface area contributed by atoms with Crippen LogP contribution in [-0.2, 0) is 4.79 Å². The Morgan fingerprint density at radius 2 is 2.06 bits per heavy atom. The molecule has 1 heterocycles. The molecule has 0 aromatic heterocycles. The van der Waals surface area contributed by atoms with Crippen LogP contribution >= 0.6 is 0 Å². The van der Waals surface area contributed by atoms with Crippen molar-refractivity contribution in [1.82, 2.24) is 5.32 Å². The number of rotatable bonds is 3. The average molecular weight is 247 g/mol. The Morgan fingerprint density at radius 3 is 2.67 bits per heavy atom. The summed E-state index contributed by atoms with van der Waals surface area (Å²) >= 11 is 0. The van der Waals surface area contributed by atoms with Gasteiger partial charge in [-0.1, -0.05) is 12.1 Å². The number of phenols is 1. The Bertz CT molecular complexity index is 482. The van der Waals surface area contributed by atoms with Crippen molar-refractivity contribution in [3.8, 4) is 5.75 Å². The lowest BCUT2D eigenvalue weighted by molar-refractivity contribution is -0.139. The number of hydrogen-bond acceptors (Lipinski definition) is 3. The van der Waals surface area contributed by atoms with Gasteiger partial charge in [-0.2, -0.15) is 0 Å². The second-order valence-electron chi connectivity index (χ2n) is 5.26. The molecule has 3 N–H and O–H groups in total. The summed E-state index contributed by atoms with van der Waals surface area (Å²) in [4.78, 5) is 11.1. The van der Waals surface area contributed by atoms with Gasteiger partial charge < -0.3 is 15.5 Å². The summed E-state index contributed by atoms with van der Waals surface area (Å²) in [5, 5.41) is 22.2. The fourth-order valence-electron chi connectivity index (χ4n) is 2.85. The van der Waals surface area contributed by atoms with E-state index in [-0.39, 0.29) is 5.92 Å². The Balaban J connectivity index is 1.87. The van der Waals surface area contributed by atoms with E-state index >= 15 is 0 Å². The molecule has 1 aromatic rings. The van der Waals surface area contributed by atoms with Gasteiger partial charge in [0.25, 0.3) is 0 Å². The molecule has 1 aliphatic heterocycles. The van der Waals surface area contributed by atoms with Crippen molar-refractivity contribution in [1.29, 1.82) is 0 Å². The topological polar surface area (TPSA) is 69.6 Å². The molecule has 0 bridgehead atoms. The second kappa shape index (κ2) is 4.28. The fourth-order valence-corrected chi connectivity index (χ4v) is 2.85. The Hall–Kier alpha value is -1.55. The van der Waals surface area contributed by atoms with E-state index < -0.39 is 12.0 Å². The molecule has 0 amide bonds. The minimum Gasteiger partial charge on any atom is -0.508 e. The summed E-state index contributed by atoms with van der Waals surface area (Å²) in [5.41, 5.74) is 1.94. The first-order valence-electron chi connectivity index (χ1n) is 6.46. The monoisotopic (exact) mass is 247 g/mol. The zero-order valence-electron chi connectivity index (χ0n) is 10.1. The van der Waals surface area contributed by atoms with Crippen LogP contribution in [0.3, 0.4) is 0 Å². The highest BCUT2D eigenvalue weighted by Gasteiger charge is 2.34. The number of phenolic OH excluding ortho intramolecular Hbond substituents is 1. The van der Waals surface area contributed by atoms with Gasteiger partial charge in [-0.15, -0.1) is 0 Å². The number of nitrogens with one attached hydrogen (secondary N) is 1. The van der Waals surface area contributed by atoms with Crippen LogP contribution in [0, 0.1) is 0 Å². The van der Waals surface area contributed by atoms with Crippen molar-refractivity contribution < 1.29 is 15.0 Å². The van der Waals surface area contributed by atoms with Crippen LogP contribution in [0.25, 0.3) is 0 Å².